The SMILES string of the molecule is COc1ccc(OC)c2c(CCCF)ccnc12. The third-order valence-corrected chi connectivity index (χ3v) is 2.92. The molecule has 0 radical (unpaired) electrons. The predicted octanol–water partition coefficient (Wildman–Crippen LogP) is 3.15. The molecule has 0 aliphatic rings. The van der Waals surface area contributed by atoms with Crippen molar-refractivity contribution in [2.24, 2.45) is 0 Å². The van der Waals surface area contributed by atoms with Crippen molar-refractivity contribution in [1.82, 2.24) is 4.98 Å². The van der Waals surface area contributed by atoms with Crippen LogP contribution in [0.1, 0.15) is 12.0 Å². The van der Waals surface area contributed by atoms with E-state index in [0.29, 0.717) is 18.6 Å². The lowest BCUT2D eigenvalue weighted by atomic mass is 10.0. The molecular formula is C14H16FNO2. The van der Waals surface area contributed by atoms with E-state index in [0.717, 1.165) is 22.2 Å². The Kier molecular flexibility index (Phi) is 3.97. The summed E-state index contributed by atoms with van der Waals surface area (Å²) in [5.41, 5.74) is 1.79. The minimum atomic E-state index is -0.323. The van der Waals surface area contributed by atoms with Crippen molar-refractivity contribution in [2.75, 3.05) is 20.9 Å². The number of methoxy groups -OCH3 is 2. The van der Waals surface area contributed by atoms with Crippen molar-refractivity contribution in [3.05, 3.63) is 30.0 Å². The molecule has 2 aromatic rings. The first-order valence-corrected chi connectivity index (χ1v) is 5.86. The number of hydrogen-bond donors (Lipinski definition) is 0. The maximum Gasteiger partial charge on any atom is 0.145 e. The summed E-state index contributed by atoms with van der Waals surface area (Å²) in [7, 11) is 3.23. The van der Waals surface area contributed by atoms with E-state index in [2.05, 4.69) is 4.98 Å². The second kappa shape index (κ2) is 5.67. The monoisotopic (exact) mass is 249 g/mol. The molecule has 0 spiro atoms. The molecule has 0 N–H and O–H groups in total. The van der Waals surface area contributed by atoms with Gasteiger partial charge < -0.3 is 9.47 Å². The van der Waals surface area contributed by atoms with Crippen LogP contribution in [0.2, 0.25) is 0 Å². The number of aromatic nitrogens is 1. The maximum absolute atomic E-state index is 12.3. The molecule has 0 saturated heterocycles. The smallest absolute Gasteiger partial charge is 0.145 e. The number of aryl methyl sites for hydroxylation is 1. The Labute approximate surface area is 106 Å². The molecule has 0 fully saturated rings. The highest BCUT2D eigenvalue weighted by atomic mass is 19.1. The first kappa shape index (κ1) is 12.6. The number of ether oxygens (including phenoxy) is 2. The Bertz CT molecular complexity index is 543. The summed E-state index contributed by atoms with van der Waals surface area (Å²) in [5.74, 6) is 1.45. The van der Waals surface area contributed by atoms with Gasteiger partial charge in [0.05, 0.1) is 20.9 Å². The van der Waals surface area contributed by atoms with Gasteiger partial charge in [0, 0.05) is 11.6 Å². The van der Waals surface area contributed by atoms with Gasteiger partial charge in [-0.3, -0.25) is 9.37 Å². The summed E-state index contributed by atoms with van der Waals surface area (Å²) in [5, 5.41) is 0.910. The molecule has 0 aliphatic heterocycles. The minimum Gasteiger partial charge on any atom is -0.496 e. The van der Waals surface area contributed by atoms with Crippen molar-refractivity contribution < 1.29 is 13.9 Å². The van der Waals surface area contributed by atoms with Crippen molar-refractivity contribution in [1.29, 1.82) is 0 Å². The number of hydrogen-bond acceptors (Lipinski definition) is 3. The van der Waals surface area contributed by atoms with Crippen LogP contribution in [0.3, 0.4) is 0 Å². The molecule has 96 valence electrons. The zero-order valence-corrected chi connectivity index (χ0v) is 10.6. The van der Waals surface area contributed by atoms with Gasteiger partial charge in [-0.05, 0) is 36.6 Å². The molecule has 3 nitrogen and oxygen atoms in total. The van der Waals surface area contributed by atoms with Crippen LogP contribution in [-0.2, 0) is 6.42 Å². The number of benzene rings is 1. The van der Waals surface area contributed by atoms with Crippen LogP contribution in [0.5, 0.6) is 11.5 Å². The second-order valence-corrected chi connectivity index (χ2v) is 3.96. The third kappa shape index (κ3) is 2.23. The van der Waals surface area contributed by atoms with Gasteiger partial charge in [-0.15, -0.1) is 0 Å². The Balaban J connectivity index is 2.64. The Hall–Kier alpha value is -1.84. The Morgan fingerprint density at radius 3 is 2.50 bits per heavy atom. The summed E-state index contributed by atoms with van der Waals surface area (Å²) in [4.78, 5) is 4.33. The average Bonchev–Trinajstić information content (AvgIpc) is 2.43. The maximum atomic E-state index is 12.3. The molecule has 0 unspecified atom stereocenters. The zero-order chi connectivity index (χ0) is 13.0. The highest BCUT2D eigenvalue weighted by Gasteiger charge is 2.12. The van der Waals surface area contributed by atoms with Gasteiger partial charge >= 0.3 is 0 Å². The number of nitrogens with zero attached hydrogens (tertiary/aromatic N) is 1. The number of alkyl halides is 1. The molecule has 0 saturated carbocycles. The standard InChI is InChI=1S/C14H16FNO2/c1-17-11-5-6-12(18-2)14-13(11)10(4-3-8-15)7-9-16-14/h5-7,9H,3-4,8H2,1-2H3. The van der Waals surface area contributed by atoms with Gasteiger partial charge in [-0.25, -0.2) is 0 Å². The summed E-state index contributed by atoms with van der Waals surface area (Å²) in [6, 6.07) is 5.58. The second-order valence-electron chi connectivity index (χ2n) is 3.96. The number of rotatable bonds is 5. The van der Waals surface area contributed by atoms with Crippen LogP contribution in [-0.4, -0.2) is 25.9 Å². The molecule has 18 heavy (non-hydrogen) atoms. The van der Waals surface area contributed by atoms with Gasteiger partial charge in [0.1, 0.15) is 17.0 Å². The average molecular weight is 249 g/mol. The lowest BCUT2D eigenvalue weighted by Crippen LogP contribution is -1.96. The lowest BCUT2D eigenvalue weighted by molar-refractivity contribution is 0.409. The molecule has 0 bridgehead atoms. The Morgan fingerprint density at radius 2 is 1.83 bits per heavy atom. The number of fused-ring (bicyclic) bond motifs is 1. The van der Waals surface area contributed by atoms with E-state index in [4.69, 9.17) is 9.47 Å². The molecule has 0 amide bonds. The normalized spacial score (nSPS) is 10.6. The molecular weight excluding hydrogens is 233 g/mol. The molecule has 1 heterocycles. The fourth-order valence-electron chi connectivity index (χ4n) is 2.08. The Morgan fingerprint density at radius 1 is 1.11 bits per heavy atom. The predicted molar refractivity (Wildman–Crippen MR) is 69.1 cm³/mol. The lowest BCUT2D eigenvalue weighted by Gasteiger charge is -2.12. The molecule has 1 aromatic carbocycles. The molecule has 2 rings (SSSR count). The first-order chi connectivity index (χ1) is 8.81. The number of pyridine rings is 1. The van der Waals surface area contributed by atoms with Gasteiger partial charge in [0.15, 0.2) is 0 Å². The highest BCUT2D eigenvalue weighted by Crippen LogP contribution is 2.34. The zero-order valence-electron chi connectivity index (χ0n) is 10.6. The summed E-state index contributed by atoms with van der Waals surface area (Å²) < 4.78 is 23.0. The fraction of sp³-hybridized carbons (Fsp3) is 0.357. The summed E-state index contributed by atoms with van der Waals surface area (Å²) in [6.07, 6.45) is 2.89. The van der Waals surface area contributed by atoms with Gasteiger partial charge in [-0.2, -0.15) is 0 Å². The molecule has 0 aliphatic carbocycles. The molecule has 4 heteroatoms. The summed E-state index contributed by atoms with van der Waals surface area (Å²) in [6.45, 7) is -0.323. The van der Waals surface area contributed by atoms with E-state index in [1.54, 1.807) is 20.4 Å². The fourth-order valence-corrected chi connectivity index (χ4v) is 2.08. The van der Waals surface area contributed by atoms with Crippen LogP contribution >= 0.6 is 0 Å². The highest BCUT2D eigenvalue weighted by molar-refractivity contribution is 5.92. The largest absolute Gasteiger partial charge is 0.496 e. The van der Waals surface area contributed by atoms with E-state index in [9.17, 15) is 4.39 Å². The van der Waals surface area contributed by atoms with Crippen molar-refractivity contribution >= 4 is 10.9 Å². The number of halogens is 1. The van der Waals surface area contributed by atoms with E-state index in [1.165, 1.54) is 0 Å². The van der Waals surface area contributed by atoms with E-state index < -0.39 is 0 Å². The third-order valence-electron chi connectivity index (χ3n) is 2.92. The molecule has 1 aromatic heterocycles. The summed E-state index contributed by atoms with van der Waals surface area (Å²) >= 11 is 0. The van der Waals surface area contributed by atoms with E-state index >= 15 is 0 Å². The van der Waals surface area contributed by atoms with Crippen molar-refractivity contribution in [3.8, 4) is 11.5 Å². The van der Waals surface area contributed by atoms with Gasteiger partial charge in [0.25, 0.3) is 0 Å². The van der Waals surface area contributed by atoms with Crippen LogP contribution in [0.4, 0.5) is 4.39 Å². The first-order valence-electron chi connectivity index (χ1n) is 5.86. The van der Waals surface area contributed by atoms with Crippen molar-refractivity contribution in [2.45, 2.75) is 12.8 Å². The van der Waals surface area contributed by atoms with Crippen LogP contribution in [0, 0.1) is 0 Å². The van der Waals surface area contributed by atoms with Crippen molar-refractivity contribution in [3.63, 3.8) is 0 Å². The van der Waals surface area contributed by atoms with E-state index in [-0.39, 0.29) is 6.67 Å². The quantitative estimate of drug-likeness (QED) is 0.815. The molecule has 0 atom stereocenters. The van der Waals surface area contributed by atoms with Gasteiger partial charge in [-0.1, -0.05) is 0 Å². The minimum absolute atomic E-state index is 0.323. The van der Waals surface area contributed by atoms with Gasteiger partial charge in [0.2, 0.25) is 0 Å². The van der Waals surface area contributed by atoms with E-state index in [1.807, 2.05) is 18.2 Å². The van der Waals surface area contributed by atoms with Crippen LogP contribution in [0.25, 0.3) is 10.9 Å². The van der Waals surface area contributed by atoms with Crippen LogP contribution in [0.15, 0.2) is 24.4 Å². The van der Waals surface area contributed by atoms with Crippen LogP contribution < -0.4 is 9.47 Å². The topological polar surface area (TPSA) is 31.4 Å².